The third kappa shape index (κ3) is 8.73. The number of hydrogen-bond donors (Lipinski definition) is 0. The van der Waals surface area contributed by atoms with Gasteiger partial charge >= 0.3 is 17.1 Å². The van der Waals surface area contributed by atoms with E-state index in [4.69, 9.17) is 0 Å². The van der Waals surface area contributed by atoms with E-state index in [2.05, 4.69) is 92.9 Å². The van der Waals surface area contributed by atoms with Gasteiger partial charge in [0.15, 0.2) is 0 Å². The fourth-order valence-corrected chi connectivity index (χ4v) is 5.70. The van der Waals surface area contributed by atoms with E-state index in [-0.39, 0.29) is 64.0 Å². The number of halogens is 2. The molecule has 1 saturated carbocycles. The van der Waals surface area contributed by atoms with E-state index in [1.807, 2.05) is 0 Å². The Labute approximate surface area is 194 Å². The molecular weight excluding hydrogens is 427 g/mol. The van der Waals surface area contributed by atoms with Crippen LogP contribution in [0.25, 0.3) is 0 Å². The van der Waals surface area contributed by atoms with Crippen molar-refractivity contribution in [3.63, 3.8) is 0 Å². The summed E-state index contributed by atoms with van der Waals surface area (Å²) in [6.07, 6.45) is 5.38. The Balaban J connectivity index is -0.00000192. The molecule has 27 heavy (non-hydrogen) atoms. The second-order valence-corrected chi connectivity index (χ2v) is 11.8. The zero-order chi connectivity index (χ0) is 19.1. The molecule has 0 N–H and O–H groups in total. The van der Waals surface area contributed by atoms with Crippen LogP contribution in [0.5, 0.6) is 0 Å². The van der Waals surface area contributed by atoms with Gasteiger partial charge in [-0.05, 0) is 95.9 Å². The zero-order valence-electron chi connectivity index (χ0n) is 19.9. The van der Waals surface area contributed by atoms with Crippen molar-refractivity contribution >= 4 is 0 Å². The molecule has 169 valence electrons. The first-order valence-corrected chi connectivity index (χ1v) is 10.1. The summed E-state index contributed by atoms with van der Waals surface area (Å²) in [7, 11) is 0. The molecule has 0 amide bonds. The van der Waals surface area contributed by atoms with E-state index in [1.54, 1.807) is 0 Å². The van der Waals surface area contributed by atoms with Gasteiger partial charge in [-0.3, -0.25) is 9.80 Å². The first-order valence-electron chi connectivity index (χ1n) is 10.1. The van der Waals surface area contributed by atoms with E-state index in [0.717, 1.165) is 0 Å². The standard InChI is InChI=1S/C22H46N2.2ClH.Cu/c1-19(2,3)23(20(4,5)6)17-15-13-14-16-18(17)24(21(7,8)9)22(10,11)12;;;/h17-18H,13-16H2,1-12H3;2*1H;/q;;;+2/p-2. The Morgan fingerprint density at radius 3 is 0.815 bits per heavy atom. The van der Waals surface area contributed by atoms with Gasteiger partial charge in [0, 0.05) is 34.2 Å². The van der Waals surface area contributed by atoms with Gasteiger partial charge in [-0.15, -0.1) is 0 Å². The summed E-state index contributed by atoms with van der Waals surface area (Å²) >= 11 is 0. The van der Waals surface area contributed by atoms with Crippen molar-refractivity contribution in [2.45, 2.75) is 143 Å². The molecule has 0 aliphatic heterocycles. The minimum atomic E-state index is 0. The van der Waals surface area contributed by atoms with Gasteiger partial charge in [0.2, 0.25) is 0 Å². The smallest absolute Gasteiger partial charge is 1.00 e. The van der Waals surface area contributed by atoms with E-state index < -0.39 is 0 Å². The fraction of sp³-hybridized carbons (Fsp3) is 1.00. The van der Waals surface area contributed by atoms with Gasteiger partial charge < -0.3 is 24.8 Å². The molecule has 1 aliphatic rings. The SMILES string of the molecule is CC(C)(C)N(C1CCCCC1N(C(C)(C)C)C(C)(C)C)C(C)(C)C.[Cl-].[Cl-].[Cu+2]. The maximum Gasteiger partial charge on any atom is 2.00 e. The van der Waals surface area contributed by atoms with Crippen molar-refractivity contribution in [3.8, 4) is 0 Å². The molecule has 5 heteroatoms. The van der Waals surface area contributed by atoms with Crippen molar-refractivity contribution in [1.82, 2.24) is 9.80 Å². The number of nitrogens with zero attached hydrogens (tertiary/aromatic N) is 2. The summed E-state index contributed by atoms with van der Waals surface area (Å²) < 4.78 is 0. The zero-order valence-corrected chi connectivity index (χ0v) is 22.4. The van der Waals surface area contributed by atoms with Gasteiger partial charge in [0.1, 0.15) is 0 Å². The Kier molecular flexibility index (Phi) is 13.2. The van der Waals surface area contributed by atoms with Crippen LogP contribution >= 0.6 is 0 Å². The van der Waals surface area contributed by atoms with Gasteiger partial charge in [-0.1, -0.05) is 12.8 Å². The molecule has 0 heterocycles. The molecule has 0 bridgehead atoms. The van der Waals surface area contributed by atoms with E-state index in [0.29, 0.717) is 12.1 Å². The maximum absolute atomic E-state index is 2.81. The van der Waals surface area contributed by atoms with Crippen LogP contribution in [0.2, 0.25) is 0 Å². The molecule has 0 aromatic rings. The molecular formula is C22H46Cl2CuN2. The Morgan fingerprint density at radius 1 is 0.481 bits per heavy atom. The van der Waals surface area contributed by atoms with Crippen molar-refractivity contribution in [1.29, 1.82) is 0 Å². The minimum absolute atomic E-state index is 0. The normalized spacial score (nSPS) is 22.0. The predicted molar refractivity (Wildman–Crippen MR) is 109 cm³/mol. The van der Waals surface area contributed by atoms with Crippen LogP contribution in [0.3, 0.4) is 0 Å². The second-order valence-electron chi connectivity index (χ2n) is 11.8. The molecule has 0 saturated heterocycles. The first kappa shape index (κ1) is 32.7. The van der Waals surface area contributed by atoms with Crippen LogP contribution < -0.4 is 24.8 Å². The number of hydrogen-bond acceptors (Lipinski definition) is 2. The maximum atomic E-state index is 2.81. The van der Waals surface area contributed by atoms with E-state index in [9.17, 15) is 0 Å². The van der Waals surface area contributed by atoms with Gasteiger partial charge in [0.05, 0.1) is 0 Å². The molecule has 0 aromatic heterocycles. The predicted octanol–water partition coefficient (Wildman–Crippen LogP) is 0.101. The van der Waals surface area contributed by atoms with Gasteiger partial charge in [-0.25, -0.2) is 0 Å². The summed E-state index contributed by atoms with van der Waals surface area (Å²) in [4.78, 5) is 5.63. The van der Waals surface area contributed by atoms with Crippen molar-refractivity contribution in [3.05, 3.63) is 0 Å². The molecule has 1 aliphatic carbocycles. The van der Waals surface area contributed by atoms with Crippen LogP contribution in [0.15, 0.2) is 0 Å². The monoisotopic (exact) mass is 471 g/mol. The molecule has 2 unspecified atom stereocenters. The van der Waals surface area contributed by atoms with E-state index in [1.165, 1.54) is 25.7 Å². The first-order chi connectivity index (χ1) is 10.5. The summed E-state index contributed by atoms with van der Waals surface area (Å²) in [6.45, 7) is 28.7. The van der Waals surface area contributed by atoms with Crippen LogP contribution in [-0.2, 0) is 17.1 Å². The molecule has 1 radical (unpaired) electrons. The van der Waals surface area contributed by atoms with Crippen molar-refractivity contribution in [2.75, 3.05) is 0 Å². The topological polar surface area (TPSA) is 6.48 Å². The Morgan fingerprint density at radius 2 is 0.667 bits per heavy atom. The van der Waals surface area contributed by atoms with Crippen LogP contribution in [-0.4, -0.2) is 44.0 Å². The molecule has 1 rings (SSSR count). The van der Waals surface area contributed by atoms with Gasteiger partial charge in [-0.2, -0.15) is 0 Å². The van der Waals surface area contributed by atoms with Crippen molar-refractivity contribution < 1.29 is 41.9 Å². The largest absolute Gasteiger partial charge is 2.00 e. The fourth-order valence-electron chi connectivity index (χ4n) is 5.70. The number of rotatable bonds is 2. The molecule has 2 nitrogen and oxygen atoms in total. The third-order valence-electron chi connectivity index (χ3n) is 5.25. The summed E-state index contributed by atoms with van der Waals surface area (Å²) in [5.74, 6) is 0. The van der Waals surface area contributed by atoms with Crippen molar-refractivity contribution in [2.24, 2.45) is 0 Å². The molecule has 0 spiro atoms. The van der Waals surface area contributed by atoms with Crippen LogP contribution in [0, 0.1) is 0 Å². The molecule has 1 fully saturated rings. The van der Waals surface area contributed by atoms with Gasteiger partial charge in [0.25, 0.3) is 0 Å². The van der Waals surface area contributed by atoms with Crippen LogP contribution in [0.4, 0.5) is 0 Å². The average Bonchev–Trinajstić information content (AvgIpc) is 2.23. The Hall–Kier alpha value is 1.02. The molecule has 2 atom stereocenters. The average molecular weight is 473 g/mol. The third-order valence-corrected chi connectivity index (χ3v) is 5.25. The minimum Gasteiger partial charge on any atom is -1.00 e. The molecule has 0 aromatic carbocycles. The Bertz CT molecular complexity index is 346. The second kappa shape index (κ2) is 10.9. The summed E-state index contributed by atoms with van der Waals surface area (Å²) in [5, 5.41) is 0. The quantitative estimate of drug-likeness (QED) is 0.526. The van der Waals surface area contributed by atoms with Crippen LogP contribution in [0.1, 0.15) is 109 Å². The summed E-state index contributed by atoms with van der Waals surface area (Å²) in [5.41, 5.74) is 0.722. The van der Waals surface area contributed by atoms with E-state index >= 15 is 0 Å². The summed E-state index contributed by atoms with van der Waals surface area (Å²) in [6, 6.07) is 1.24.